The molecule has 1 aliphatic heterocycles. The number of ether oxygens (including phenoxy) is 2. The van der Waals surface area contributed by atoms with Crippen LogP contribution < -0.4 is 0 Å². The van der Waals surface area contributed by atoms with Crippen LogP contribution >= 0.6 is 11.3 Å². The second-order valence-corrected chi connectivity index (χ2v) is 5.64. The van der Waals surface area contributed by atoms with Crippen molar-refractivity contribution in [1.29, 1.82) is 0 Å². The summed E-state index contributed by atoms with van der Waals surface area (Å²) in [5, 5.41) is 11.1. The lowest BCUT2D eigenvalue weighted by atomic mass is 10.0. The molecular formula is C13H17NO5S. The Morgan fingerprint density at radius 2 is 2.25 bits per heavy atom. The second-order valence-electron chi connectivity index (χ2n) is 4.73. The summed E-state index contributed by atoms with van der Waals surface area (Å²) >= 11 is 1.34. The normalized spacial score (nSPS) is 22.2. The molecule has 0 radical (unpaired) electrons. The number of methoxy groups -OCH3 is 2. The maximum absolute atomic E-state index is 12.3. The number of nitrogens with zero attached hydrogens (tertiary/aromatic N) is 1. The minimum atomic E-state index is -1.28. The standard InChI is InChI=1S/C13H17NO5S/c1-18-6-9-5-10(20-7-9)11(15)14-4-3-13(8-14,19-2)12(16)17/h5,7H,3-4,6,8H2,1-2H3,(H,16,17). The number of carboxylic acid groups (broad SMARTS) is 1. The van der Waals surface area contributed by atoms with Crippen molar-refractivity contribution in [3.05, 3.63) is 21.9 Å². The van der Waals surface area contributed by atoms with Crippen LogP contribution in [0.5, 0.6) is 0 Å². The molecule has 0 bridgehead atoms. The maximum Gasteiger partial charge on any atom is 0.337 e. The maximum atomic E-state index is 12.3. The van der Waals surface area contributed by atoms with Gasteiger partial charge in [0.25, 0.3) is 5.91 Å². The van der Waals surface area contributed by atoms with Gasteiger partial charge in [0.1, 0.15) is 0 Å². The fraction of sp³-hybridized carbons (Fsp3) is 0.538. The summed E-state index contributed by atoms with van der Waals surface area (Å²) < 4.78 is 10.1. The van der Waals surface area contributed by atoms with Gasteiger partial charge in [-0.05, 0) is 17.0 Å². The van der Waals surface area contributed by atoms with Crippen LogP contribution in [0.4, 0.5) is 0 Å². The Kier molecular flexibility index (Phi) is 4.42. The third kappa shape index (κ3) is 2.70. The number of thiophene rings is 1. The molecule has 6 nitrogen and oxygen atoms in total. The minimum absolute atomic E-state index is 0.0785. The van der Waals surface area contributed by atoms with Crippen LogP contribution in [0.2, 0.25) is 0 Å². The van der Waals surface area contributed by atoms with Gasteiger partial charge in [-0.1, -0.05) is 0 Å². The van der Waals surface area contributed by atoms with E-state index in [0.29, 0.717) is 24.4 Å². The van der Waals surface area contributed by atoms with Crippen molar-refractivity contribution >= 4 is 23.2 Å². The predicted octanol–water partition coefficient (Wildman–Crippen LogP) is 1.21. The van der Waals surface area contributed by atoms with E-state index in [2.05, 4.69) is 0 Å². The zero-order valence-corrected chi connectivity index (χ0v) is 12.2. The van der Waals surface area contributed by atoms with Crippen LogP contribution in [0.25, 0.3) is 0 Å². The van der Waals surface area contributed by atoms with Crippen LogP contribution in [0.15, 0.2) is 11.4 Å². The first-order valence-corrected chi connectivity index (χ1v) is 7.04. The highest BCUT2D eigenvalue weighted by atomic mass is 32.1. The summed E-state index contributed by atoms with van der Waals surface area (Å²) in [5.41, 5.74) is -0.335. The molecule has 1 aromatic rings. The Morgan fingerprint density at radius 3 is 2.80 bits per heavy atom. The van der Waals surface area contributed by atoms with Gasteiger partial charge >= 0.3 is 5.97 Å². The Morgan fingerprint density at radius 1 is 1.50 bits per heavy atom. The molecule has 1 fully saturated rings. The Bertz CT molecular complexity index is 515. The number of carbonyl (C=O) groups excluding carboxylic acids is 1. The molecule has 0 aliphatic carbocycles. The van der Waals surface area contributed by atoms with E-state index in [-0.39, 0.29) is 12.5 Å². The monoisotopic (exact) mass is 299 g/mol. The van der Waals surface area contributed by atoms with Crippen molar-refractivity contribution in [3.63, 3.8) is 0 Å². The second kappa shape index (κ2) is 5.90. The van der Waals surface area contributed by atoms with E-state index in [1.54, 1.807) is 13.2 Å². The molecular weight excluding hydrogens is 282 g/mol. The molecule has 1 aromatic heterocycles. The van der Waals surface area contributed by atoms with Gasteiger partial charge in [-0.2, -0.15) is 0 Å². The summed E-state index contributed by atoms with van der Waals surface area (Å²) in [7, 11) is 2.96. The first kappa shape index (κ1) is 15.0. The van der Waals surface area contributed by atoms with E-state index < -0.39 is 11.6 Å². The zero-order valence-electron chi connectivity index (χ0n) is 11.4. The van der Waals surface area contributed by atoms with E-state index in [1.165, 1.54) is 23.3 Å². The number of carbonyl (C=O) groups is 2. The highest BCUT2D eigenvalue weighted by Crippen LogP contribution is 2.28. The van der Waals surface area contributed by atoms with Gasteiger partial charge in [0.2, 0.25) is 0 Å². The van der Waals surface area contributed by atoms with E-state index >= 15 is 0 Å². The first-order chi connectivity index (χ1) is 9.52. The lowest BCUT2D eigenvalue weighted by Crippen LogP contribution is -2.44. The molecule has 0 spiro atoms. The van der Waals surface area contributed by atoms with E-state index in [1.807, 2.05) is 5.38 Å². The van der Waals surface area contributed by atoms with E-state index in [4.69, 9.17) is 9.47 Å². The molecule has 1 N–H and O–H groups in total. The average Bonchev–Trinajstić information content (AvgIpc) is 3.05. The highest BCUT2D eigenvalue weighted by molar-refractivity contribution is 7.12. The van der Waals surface area contributed by atoms with Crippen molar-refractivity contribution in [1.82, 2.24) is 4.90 Å². The Labute approximate surface area is 120 Å². The van der Waals surface area contributed by atoms with Crippen LogP contribution in [-0.2, 0) is 20.9 Å². The van der Waals surface area contributed by atoms with Crippen LogP contribution in [0, 0.1) is 0 Å². The lowest BCUT2D eigenvalue weighted by molar-refractivity contribution is -0.160. The van der Waals surface area contributed by atoms with Crippen molar-refractivity contribution < 1.29 is 24.2 Å². The molecule has 0 saturated carbocycles. The molecule has 1 aliphatic rings. The molecule has 1 amide bonds. The largest absolute Gasteiger partial charge is 0.479 e. The fourth-order valence-electron chi connectivity index (χ4n) is 2.27. The average molecular weight is 299 g/mol. The van der Waals surface area contributed by atoms with Crippen molar-refractivity contribution in [2.24, 2.45) is 0 Å². The smallest absolute Gasteiger partial charge is 0.337 e. The molecule has 1 atom stereocenters. The summed E-state index contributed by atoms with van der Waals surface area (Å²) in [6.45, 7) is 0.923. The third-order valence-corrected chi connectivity index (χ3v) is 4.44. The molecule has 1 saturated heterocycles. The zero-order chi connectivity index (χ0) is 14.8. The number of carboxylic acids is 1. The van der Waals surface area contributed by atoms with Gasteiger partial charge < -0.3 is 19.5 Å². The molecule has 2 heterocycles. The third-order valence-electron chi connectivity index (χ3n) is 3.48. The highest BCUT2D eigenvalue weighted by Gasteiger charge is 2.46. The molecule has 7 heteroatoms. The number of hydrogen-bond acceptors (Lipinski definition) is 5. The van der Waals surface area contributed by atoms with Crippen LogP contribution in [0.3, 0.4) is 0 Å². The Hall–Kier alpha value is -1.44. The van der Waals surface area contributed by atoms with E-state index in [0.717, 1.165) is 5.56 Å². The molecule has 1 unspecified atom stereocenters. The van der Waals surface area contributed by atoms with Crippen molar-refractivity contribution in [2.75, 3.05) is 27.3 Å². The summed E-state index contributed by atoms with van der Waals surface area (Å²) in [6, 6.07) is 1.78. The number of likely N-dealkylation sites (tertiary alicyclic amines) is 1. The molecule has 0 aromatic carbocycles. The first-order valence-electron chi connectivity index (χ1n) is 6.16. The van der Waals surface area contributed by atoms with E-state index in [9.17, 15) is 14.7 Å². The van der Waals surface area contributed by atoms with Crippen molar-refractivity contribution in [3.8, 4) is 0 Å². The summed E-state index contributed by atoms with van der Waals surface area (Å²) in [6.07, 6.45) is 0.306. The van der Waals surface area contributed by atoms with Gasteiger partial charge in [0.15, 0.2) is 5.60 Å². The minimum Gasteiger partial charge on any atom is -0.479 e. The van der Waals surface area contributed by atoms with Gasteiger partial charge in [0.05, 0.1) is 18.0 Å². The van der Waals surface area contributed by atoms with Gasteiger partial charge in [0, 0.05) is 27.2 Å². The summed E-state index contributed by atoms with van der Waals surface area (Å²) in [4.78, 5) is 25.7. The lowest BCUT2D eigenvalue weighted by Gasteiger charge is -2.22. The summed E-state index contributed by atoms with van der Waals surface area (Å²) in [5.74, 6) is -1.18. The van der Waals surface area contributed by atoms with Crippen molar-refractivity contribution in [2.45, 2.75) is 18.6 Å². The predicted molar refractivity (Wildman–Crippen MR) is 72.9 cm³/mol. The van der Waals surface area contributed by atoms with Gasteiger partial charge in [-0.25, -0.2) is 4.79 Å². The Balaban J connectivity index is 2.09. The number of amides is 1. The molecule has 110 valence electrons. The number of rotatable bonds is 5. The van der Waals surface area contributed by atoms with Crippen LogP contribution in [0.1, 0.15) is 21.7 Å². The molecule has 20 heavy (non-hydrogen) atoms. The van der Waals surface area contributed by atoms with Gasteiger partial charge in [-0.15, -0.1) is 11.3 Å². The van der Waals surface area contributed by atoms with Gasteiger partial charge in [-0.3, -0.25) is 4.79 Å². The quantitative estimate of drug-likeness (QED) is 0.884. The number of aliphatic carboxylic acids is 1. The fourth-order valence-corrected chi connectivity index (χ4v) is 3.13. The van der Waals surface area contributed by atoms with Crippen LogP contribution in [-0.4, -0.2) is 54.8 Å². The SMILES string of the molecule is COCc1csc(C(=O)N2CCC(OC)(C(=O)O)C2)c1. The molecule has 2 rings (SSSR count). The number of hydrogen-bond donors (Lipinski definition) is 1. The topological polar surface area (TPSA) is 76.1 Å².